The van der Waals surface area contributed by atoms with Crippen LogP contribution >= 0.6 is 11.6 Å². The van der Waals surface area contributed by atoms with Crippen LogP contribution in [0.1, 0.15) is 27.3 Å². The highest BCUT2D eigenvalue weighted by Crippen LogP contribution is 2.25. The van der Waals surface area contributed by atoms with Crippen LogP contribution in [0.4, 0.5) is 4.39 Å². The minimum absolute atomic E-state index is 0.0453. The Morgan fingerprint density at radius 3 is 2.11 bits per heavy atom. The van der Waals surface area contributed by atoms with Crippen LogP contribution < -0.4 is 5.14 Å². The normalized spacial score (nSPS) is 11.6. The molecule has 0 amide bonds. The summed E-state index contributed by atoms with van der Waals surface area (Å²) in [5, 5.41) is 5.02. The van der Waals surface area contributed by atoms with Crippen molar-refractivity contribution >= 4 is 27.4 Å². The van der Waals surface area contributed by atoms with E-state index in [0.29, 0.717) is 5.69 Å². The van der Waals surface area contributed by atoms with Crippen LogP contribution in [0.3, 0.4) is 0 Å². The standard InChI is InChI=1S/C19H16ClFN2O3S/c1-11-3-4-12(2)23(11)17-8-6-13(9-16(17)21)19(24)14-5-7-15(20)18(10-14)27(22,25)26/h3-10H,1-2H3,(H2,22,25,26). The Labute approximate surface area is 161 Å². The van der Waals surface area contributed by atoms with E-state index in [4.69, 9.17) is 16.7 Å². The lowest BCUT2D eigenvalue weighted by molar-refractivity contribution is 0.103. The number of nitrogens with two attached hydrogens (primary N) is 1. The summed E-state index contributed by atoms with van der Waals surface area (Å²) in [6.45, 7) is 3.71. The largest absolute Gasteiger partial charge is 0.316 e. The van der Waals surface area contributed by atoms with Crippen LogP contribution in [0.25, 0.3) is 5.69 Å². The second kappa shape index (κ2) is 6.92. The molecule has 0 bridgehead atoms. The average Bonchev–Trinajstić information content (AvgIpc) is 2.92. The molecule has 3 aromatic rings. The van der Waals surface area contributed by atoms with Crippen LogP contribution in [0.5, 0.6) is 0 Å². The summed E-state index contributed by atoms with van der Waals surface area (Å²) in [6, 6.07) is 11.6. The SMILES string of the molecule is Cc1ccc(C)n1-c1ccc(C(=O)c2ccc(Cl)c(S(N)(=O)=O)c2)cc1F. The van der Waals surface area contributed by atoms with Gasteiger partial charge in [0.1, 0.15) is 10.7 Å². The third kappa shape index (κ3) is 3.66. The fourth-order valence-electron chi connectivity index (χ4n) is 2.91. The molecule has 140 valence electrons. The first kappa shape index (κ1) is 19.3. The number of halogens is 2. The van der Waals surface area contributed by atoms with E-state index in [9.17, 15) is 17.6 Å². The quantitative estimate of drug-likeness (QED) is 0.669. The van der Waals surface area contributed by atoms with Gasteiger partial charge in [-0.05, 0) is 62.4 Å². The number of benzene rings is 2. The lowest BCUT2D eigenvalue weighted by Crippen LogP contribution is -2.14. The van der Waals surface area contributed by atoms with Gasteiger partial charge in [0, 0.05) is 22.5 Å². The molecule has 0 unspecified atom stereocenters. The van der Waals surface area contributed by atoms with Gasteiger partial charge in [-0.3, -0.25) is 4.79 Å². The van der Waals surface area contributed by atoms with Crippen molar-refractivity contribution in [2.45, 2.75) is 18.7 Å². The second-order valence-corrected chi connectivity index (χ2v) is 8.07. The van der Waals surface area contributed by atoms with E-state index in [-0.39, 0.29) is 21.0 Å². The molecule has 0 radical (unpaired) electrons. The summed E-state index contributed by atoms with van der Waals surface area (Å²) in [6.07, 6.45) is 0. The molecule has 0 aliphatic carbocycles. The van der Waals surface area contributed by atoms with E-state index in [2.05, 4.69) is 0 Å². The first-order valence-electron chi connectivity index (χ1n) is 7.91. The molecule has 5 nitrogen and oxygen atoms in total. The van der Waals surface area contributed by atoms with Gasteiger partial charge in [-0.2, -0.15) is 0 Å². The molecule has 0 spiro atoms. The van der Waals surface area contributed by atoms with E-state index < -0.39 is 21.6 Å². The first-order chi connectivity index (χ1) is 12.6. The number of rotatable bonds is 4. The second-order valence-electron chi connectivity index (χ2n) is 6.14. The number of aromatic nitrogens is 1. The molecule has 0 saturated carbocycles. The monoisotopic (exact) mass is 406 g/mol. The minimum atomic E-state index is -4.09. The maximum absolute atomic E-state index is 14.7. The zero-order valence-corrected chi connectivity index (χ0v) is 16.1. The van der Waals surface area contributed by atoms with Gasteiger partial charge in [0.15, 0.2) is 5.78 Å². The van der Waals surface area contributed by atoms with Crippen molar-refractivity contribution in [1.82, 2.24) is 4.57 Å². The Morgan fingerprint density at radius 2 is 1.56 bits per heavy atom. The average molecular weight is 407 g/mol. The summed E-state index contributed by atoms with van der Waals surface area (Å²) in [5.41, 5.74) is 2.18. The van der Waals surface area contributed by atoms with Crippen molar-refractivity contribution in [3.8, 4) is 5.69 Å². The molecule has 0 aliphatic heterocycles. The van der Waals surface area contributed by atoms with E-state index in [1.165, 1.54) is 24.3 Å². The van der Waals surface area contributed by atoms with Crippen LogP contribution in [0.2, 0.25) is 5.02 Å². The van der Waals surface area contributed by atoms with Crippen molar-refractivity contribution in [3.05, 3.63) is 81.9 Å². The Bertz CT molecular complexity index is 1150. The summed E-state index contributed by atoms with van der Waals surface area (Å²) in [4.78, 5) is 12.3. The Morgan fingerprint density at radius 1 is 1.00 bits per heavy atom. The van der Waals surface area contributed by atoms with Crippen molar-refractivity contribution in [2.75, 3.05) is 0 Å². The van der Waals surface area contributed by atoms with Crippen LogP contribution in [-0.4, -0.2) is 18.8 Å². The maximum Gasteiger partial charge on any atom is 0.239 e. The van der Waals surface area contributed by atoms with E-state index in [1.807, 2.05) is 26.0 Å². The van der Waals surface area contributed by atoms with Crippen LogP contribution in [0, 0.1) is 19.7 Å². The summed E-state index contributed by atoms with van der Waals surface area (Å²) < 4.78 is 39.6. The molecular weight excluding hydrogens is 391 g/mol. The van der Waals surface area contributed by atoms with Gasteiger partial charge in [-0.15, -0.1) is 0 Å². The minimum Gasteiger partial charge on any atom is -0.316 e. The number of sulfonamides is 1. The Kier molecular flexibility index (Phi) is 4.94. The molecule has 2 aromatic carbocycles. The van der Waals surface area contributed by atoms with Crippen LogP contribution in [-0.2, 0) is 10.0 Å². The van der Waals surface area contributed by atoms with Crippen molar-refractivity contribution in [2.24, 2.45) is 5.14 Å². The highest BCUT2D eigenvalue weighted by atomic mass is 35.5. The fraction of sp³-hybridized carbons (Fsp3) is 0.105. The topological polar surface area (TPSA) is 82.2 Å². The number of ketones is 1. The van der Waals surface area contributed by atoms with E-state index in [1.54, 1.807) is 4.57 Å². The van der Waals surface area contributed by atoms with Gasteiger partial charge in [0.2, 0.25) is 10.0 Å². The number of carbonyl (C=O) groups is 1. The molecule has 8 heteroatoms. The molecule has 0 saturated heterocycles. The predicted molar refractivity (Wildman–Crippen MR) is 101 cm³/mol. The molecule has 3 rings (SSSR count). The first-order valence-corrected chi connectivity index (χ1v) is 9.84. The number of carbonyl (C=O) groups excluding carboxylic acids is 1. The number of nitrogens with zero attached hydrogens (tertiary/aromatic N) is 1. The lowest BCUT2D eigenvalue weighted by atomic mass is 10.0. The molecule has 0 fully saturated rings. The molecule has 0 atom stereocenters. The molecular formula is C19H16ClFN2O3S. The number of hydrogen-bond acceptors (Lipinski definition) is 3. The van der Waals surface area contributed by atoms with Crippen LogP contribution in [0.15, 0.2) is 53.4 Å². The number of aryl methyl sites for hydroxylation is 2. The lowest BCUT2D eigenvalue weighted by Gasteiger charge is -2.12. The Balaban J connectivity index is 2.03. The highest BCUT2D eigenvalue weighted by Gasteiger charge is 2.19. The van der Waals surface area contributed by atoms with Gasteiger partial charge >= 0.3 is 0 Å². The summed E-state index contributed by atoms with van der Waals surface area (Å²) in [5.74, 6) is -1.10. The van der Waals surface area contributed by atoms with E-state index >= 15 is 0 Å². The van der Waals surface area contributed by atoms with Gasteiger partial charge in [0.05, 0.1) is 10.7 Å². The molecule has 27 heavy (non-hydrogen) atoms. The number of hydrogen-bond donors (Lipinski definition) is 1. The van der Waals surface area contributed by atoms with Crippen molar-refractivity contribution in [1.29, 1.82) is 0 Å². The highest BCUT2D eigenvalue weighted by molar-refractivity contribution is 7.89. The van der Waals surface area contributed by atoms with Crippen molar-refractivity contribution in [3.63, 3.8) is 0 Å². The van der Waals surface area contributed by atoms with Gasteiger partial charge in [0.25, 0.3) is 0 Å². The van der Waals surface area contributed by atoms with Gasteiger partial charge in [-0.1, -0.05) is 11.6 Å². The van der Waals surface area contributed by atoms with E-state index in [0.717, 1.165) is 23.5 Å². The molecule has 2 N–H and O–H groups in total. The maximum atomic E-state index is 14.7. The third-order valence-electron chi connectivity index (χ3n) is 4.22. The van der Waals surface area contributed by atoms with Gasteiger partial charge in [-0.25, -0.2) is 17.9 Å². The molecule has 1 heterocycles. The number of primary sulfonamides is 1. The summed E-state index contributed by atoms with van der Waals surface area (Å²) in [7, 11) is -4.09. The fourth-order valence-corrected chi connectivity index (χ4v) is 3.98. The zero-order chi connectivity index (χ0) is 19.9. The Hall–Kier alpha value is -2.48. The molecule has 0 aliphatic rings. The predicted octanol–water partition coefficient (Wildman–Crippen LogP) is 3.77. The van der Waals surface area contributed by atoms with Crippen molar-refractivity contribution < 1.29 is 17.6 Å². The van der Waals surface area contributed by atoms with Gasteiger partial charge < -0.3 is 4.57 Å². The molecule has 1 aromatic heterocycles. The smallest absolute Gasteiger partial charge is 0.239 e. The zero-order valence-electron chi connectivity index (χ0n) is 14.5. The third-order valence-corrected chi connectivity index (χ3v) is 5.61. The summed E-state index contributed by atoms with van der Waals surface area (Å²) >= 11 is 5.83.